The number of aliphatic hydroxyl groups is 1. The van der Waals surface area contributed by atoms with Gasteiger partial charge in [0, 0.05) is 12.7 Å². The summed E-state index contributed by atoms with van der Waals surface area (Å²) in [4.78, 5) is 15.5. The maximum Gasteiger partial charge on any atom is 0.272 e. The van der Waals surface area contributed by atoms with Gasteiger partial charge in [-0.3, -0.25) is 4.79 Å². The number of aromatic nitrogens is 1. The van der Waals surface area contributed by atoms with Crippen LogP contribution >= 0.6 is 0 Å². The third kappa shape index (κ3) is 3.51. The molecule has 5 nitrogen and oxygen atoms in total. The summed E-state index contributed by atoms with van der Waals surface area (Å²) in [7, 11) is 0. The Balaban J connectivity index is 2.50. The summed E-state index contributed by atoms with van der Waals surface area (Å²) >= 11 is 0. The maximum atomic E-state index is 11.6. The monoisotopic (exact) mass is 223 g/mol. The number of nitrogens with zero attached hydrogens (tertiary/aromatic N) is 1. The summed E-state index contributed by atoms with van der Waals surface area (Å²) in [5.74, 6) is -0.353. The highest BCUT2D eigenvalue weighted by Crippen LogP contribution is 2.06. The lowest BCUT2D eigenvalue weighted by atomic mass is 10.2. The molecule has 5 heteroatoms. The molecule has 1 atom stereocenters. The van der Waals surface area contributed by atoms with Crippen LogP contribution in [0.15, 0.2) is 18.3 Å². The topological polar surface area (TPSA) is 88.2 Å². The van der Waals surface area contributed by atoms with E-state index in [1.54, 1.807) is 12.1 Å². The number of anilines is 1. The fourth-order valence-corrected chi connectivity index (χ4v) is 1.34. The van der Waals surface area contributed by atoms with Crippen molar-refractivity contribution in [2.75, 3.05) is 12.3 Å². The van der Waals surface area contributed by atoms with Gasteiger partial charge in [-0.1, -0.05) is 13.3 Å². The van der Waals surface area contributed by atoms with Crippen molar-refractivity contribution in [3.63, 3.8) is 0 Å². The second-order valence-electron chi connectivity index (χ2n) is 3.59. The van der Waals surface area contributed by atoms with E-state index in [0.29, 0.717) is 12.1 Å². The molecule has 1 aromatic heterocycles. The number of hydrogen-bond acceptors (Lipinski definition) is 4. The first-order valence-electron chi connectivity index (χ1n) is 5.32. The zero-order chi connectivity index (χ0) is 12.0. The molecule has 0 fully saturated rings. The van der Waals surface area contributed by atoms with Gasteiger partial charge in [-0.05, 0) is 18.6 Å². The number of carbonyl (C=O) groups is 1. The number of nitrogens with one attached hydrogen (secondary N) is 1. The van der Waals surface area contributed by atoms with Gasteiger partial charge in [0.25, 0.3) is 5.91 Å². The quantitative estimate of drug-likeness (QED) is 0.680. The minimum atomic E-state index is -0.515. The summed E-state index contributed by atoms with van der Waals surface area (Å²) < 4.78 is 0. The highest BCUT2D eigenvalue weighted by Gasteiger charge is 2.11. The molecule has 0 radical (unpaired) electrons. The van der Waals surface area contributed by atoms with Crippen LogP contribution in [-0.2, 0) is 0 Å². The molecular formula is C11H17N3O2. The van der Waals surface area contributed by atoms with Crippen LogP contribution in [-0.4, -0.2) is 28.6 Å². The van der Waals surface area contributed by atoms with Gasteiger partial charge in [0.1, 0.15) is 0 Å². The van der Waals surface area contributed by atoms with Crippen LogP contribution in [0.4, 0.5) is 5.69 Å². The van der Waals surface area contributed by atoms with Crippen molar-refractivity contribution in [3.8, 4) is 0 Å². The number of hydrogen-bond donors (Lipinski definition) is 3. The minimum absolute atomic E-state index is 0.200. The molecule has 1 heterocycles. The summed E-state index contributed by atoms with van der Waals surface area (Å²) in [6.07, 6.45) is 2.54. The first kappa shape index (κ1) is 12.4. The molecule has 1 aromatic rings. The maximum absolute atomic E-state index is 11.6. The smallest absolute Gasteiger partial charge is 0.272 e. The van der Waals surface area contributed by atoms with Gasteiger partial charge in [0.2, 0.25) is 0 Å². The molecule has 1 rings (SSSR count). The van der Waals surface area contributed by atoms with Crippen molar-refractivity contribution in [2.24, 2.45) is 0 Å². The highest BCUT2D eigenvalue weighted by atomic mass is 16.3. The van der Waals surface area contributed by atoms with Crippen LogP contribution in [0, 0.1) is 0 Å². The van der Waals surface area contributed by atoms with E-state index >= 15 is 0 Å². The fourth-order valence-electron chi connectivity index (χ4n) is 1.34. The molecule has 0 saturated heterocycles. The molecule has 1 amide bonds. The van der Waals surface area contributed by atoms with E-state index in [9.17, 15) is 9.90 Å². The van der Waals surface area contributed by atoms with Crippen molar-refractivity contribution < 1.29 is 9.90 Å². The van der Waals surface area contributed by atoms with Gasteiger partial charge in [-0.25, -0.2) is 4.98 Å². The predicted octanol–water partition coefficient (Wildman–Crippen LogP) is 0.555. The molecule has 1 unspecified atom stereocenters. The van der Waals surface area contributed by atoms with Gasteiger partial charge < -0.3 is 16.2 Å². The zero-order valence-corrected chi connectivity index (χ0v) is 9.31. The largest absolute Gasteiger partial charge is 0.397 e. The Kier molecular flexibility index (Phi) is 4.72. The molecular weight excluding hydrogens is 206 g/mol. The lowest BCUT2D eigenvalue weighted by molar-refractivity contribution is 0.0906. The SMILES string of the molecule is CCCC(O)CNC(=O)c1ncccc1N. The van der Waals surface area contributed by atoms with Crippen molar-refractivity contribution in [1.29, 1.82) is 0 Å². The zero-order valence-electron chi connectivity index (χ0n) is 9.31. The molecule has 0 aliphatic heterocycles. The molecule has 0 aromatic carbocycles. The van der Waals surface area contributed by atoms with Gasteiger partial charge in [-0.2, -0.15) is 0 Å². The van der Waals surface area contributed by atoms with Crippen LogP contribution in [0.25, 0.3) is 0 Å². The Morgan fingerprint density at radius 3 is 3.06 bits per heavy atom. The van der Waals surface area contributed by atoms with Gasteiger partial charge in [0.05, 0.1) is 11.8 Å². The highest BCUT2D eigenvalue weighted by molar-refractivity contribution is 5.96. The Bertz CT molecular complexity index is 355. The van der Waals surface area contributed by atoms with Crippen LogP contribution < -0.4 is 11.1 Å². The molecule has 0 aliphatic carbocycles. The number of nitrogen functional groups attached to an aromatic ring is 1. The number of rotatable bonds is 5. The number of amides is 1. The Morgan fingerprint density at radius 2 is 2.44 bits per heavy atom. The minimum Gasteiger partial charge on any atom is -0.397 e. The fraction of sp³-hybridized carbons (Fsp3) is 0.455. The van der Waals surface area contributed by atoms with E-state index in [-0.39, 0.29) is 18.1 Å². The molecule has 4 N–H and O–H groups in total. The van der Waals surface area contributed by atoms with E-state index in [1.165, 1.54) is 6.20 Å². The number of carbonyl (C=O) groups excluding carboxylic acids is 1. The van der Waals surface area contributed by atoms with Gasteiger partial charge in [-0.15, -0.1) is 0 Å². The van der Waals surface area contributed by atoms with E-state index in [2.05, 4.69) is 10.3 Å². The van der Waals surface area contributed by atoms with E-state index in [4.69, 9.17) is 5.73 Å². The molecule has 88 valence electrons. The summed E-state index contributed by atoms with van der Waals surface area (Å²) in [5.41, 5.74) is 6.14. The average Bonchev–Trinajstić information content (AvgIpc) is 2.27. The van der Waals surface area contributed by atoms with Crippen molar-refractivity contribution in [3.05, 3.63) is 24.0 Å². The Morgan fingerprint density at radius 1 is 1.69 bits per heavy atom. The first-order chi connectivity index (χ1) is 7.65. The van der Waals surface area contributed by atoms with Crippen molar-refractivity contribution in [2.45, 2.75) is 25.9 Å². The predicted molar refractivity (Wildman–Crippen MR) is 61.9 cm³/mol. The van der Waals surface area contributed by atoms with Crippen molar-refractivity contribution in [1.82, 2.24) is 10.3 Å². The molecule has 0 spiro atoms. The van der Waals surface area contributed by atoms with Crippen LogP contribution in [0.3, 0.4) is 0 Å². The lowest BCUT2D eigenvalue weighted by Gasteiger charge is -2.10. The normalized spacial score (nSPS) is 12.1. The number of aliphatic hydroxyl groups excluding tert-OH is 1. The third-order valence-electron chi connectivity index (χ3n) is 2.17. The molecule has 16 heavy (non-hydrogen) atoms. The molecule has 0 saturated carbocycles. The molecule has 0 aliphatic rings. The second-order valence-corrected chi connectivity index (χ2v) is 3.59. The van der Waals surface area contributed by atoms with Gasteiger partial charge in [0.15, 0.2) is 5.69 Å². The second kappa shape index (κ2) is 6.07. The number of nitrogens with two attached hydrogens (primary N) is 1. The summed E-state index contributed by atoms with van der Waals surface area (Å²) in [5, 5.41) is 12.0. The van der Waals surface area contributed by atoms with E-state index in [0.717, 1.165) is 6.42 Å². The summed E-state index contributed by atoms with van der Waals surface area (Å²) in [6.45, 7) is 2.20. The van der Waals surface area contributed by atoms with Crippen LogP contribution in [0.1, 0.15) is 30.3 Å². The molecule has 0 bridgehead atoms. The average molecular weight is 223 g/mol. The first-order valence-corrected chi connectivity index (χ1v) is 5.32. The summed E-state index contributed by atoms with van der Waals surface area (Å²) in [6, 6.07) is 3.28. The standard InChI is InChI=1S/C11H17N3O2/c1-2-4-8(15)7-14-11(16)10-9(12)5-3-6-13-10/h3,5-6,8,15H,2,4,7,12H2,1H3,(H,14,16). The number of pyridine rings is 1. The van der Waals surface area contributed by atoms with Crippen LogP contribution in [0.2, 0.25) is 0 Å². The third-order valence-corrected chi connectivity index (χ3v) is 2.17. The Hall–Kier alpha value is -1.62. The van der Waals surface area contributed by atoms with Crippen LogP contribution in [0.5, 0.6) is 0 Å². The van der Waals surface area contributed by atoms with E-state index < -0.39 is 6.10 Å². The van der Waals surface area contributed by atoms with Gasteiger partial charge >= 0.3 is 0 Å². The Labute approximate surface area is 94.7 Å². The lowest BCUT2D eigenvalue weighted by Crippen LogP contribution is -2.32. The van der Waals surface area contributed by atoms with Crippen molar-refractivity contribution >= 4 is 11.6 Å². The van der Waals surface area contributed by atoms with E-state index in [1.807, 2.05) is 6.92 Å².